The van der Waals surface area contributed by atoms with E-state index in [-0.39, 0.29) is 34.6 Å². The van der Waals surface area contributed by atoms with Gasteiger partial charge in [-0.05, 0) is 68.9 Å². The van der Waals surface area contributed by atoms with Crippen LogP contribution < -0.4 is 15.1 Å². The van der Waals surface area contributed by atoms with E-state index < -0.39 is 23.1 Å². The summed E-state index contributed by atoms with van der Waals surface area (Å²) in [7, 11) is 0. The highest BCUT2D eigenvalue weighted by Gasteiger charge is 2.41. The minimum Gasteiger partial charge on any atom is -0.507 e. The van der Waals surface area contributed by atoms with Gasteiger partial charge in [-0.3, -0.25) is 4.79 Å². The van der Waals surface area contributed by atoms with E-state index in [2.05, 4.69) is 0 Å². The van der Waals surface area contributed by atoms with E-state index in [1.807, 2.05) is 0 Å². The molecule has 2 N–H and O–H groups in total. The zero-order valence-corrected chi connectivity index (χ0v) is 18.6. The molecule has 2 heterocycles. The first-order chi connectivity index (χ1) is 15.6. The second-order valence-corrected chi connectivity index (χ2v) is 8.74. The number of quaternary nitrogens is 1. The summed E-state index contributed by atoms with van der Waals surface area (Å²) in [5.74, 6) is -2.43. The smallest absolute Gasteiger partial charge is 0.453 e. The first kappa shape index (κ1) is 23.2. The Kier molecular flexibility index (Phi) is 6.38. The summed E-state index contributed by atoms with van der Waals surface area (Å²) in [4.78, 5) is 14.4. The molecule has 0 spiro atoms. The molecule has 0 radical (unpaired) electrons. The molecule has 0 amide bonds. The lowest BCUT2D eigenvalue weighted by Gasteiger charge is -2.19. The lowest BCUT2D eigenvalue weighted by molar-refractivity contribution is -0.913. The van der Waals surface area contributed by atoms with Gasteiger partial charge in [0, 0.05) is 0 Å². The number of nitrogens with one attached hydrogen (secondary N) is 1. The Balaban J connectivity index is 1.88. The first-order valence-corrected chi connectivity index (χ1v) is 11.1. The minimum atomic E-state index is -4.96. The molecule has 2 aromatic carbocycles. The number of ether oxygens (including phenoxy) is 1. The normalized spacial score (nSPS) is 15.5. The van der Waals surface area contributed by atoms with Crippen LogP contribution in [0, 0.1) is 13.8 Å². The van der Waals surface area contributed by atoms with E-state index >= 15 is 0 Å². The number of aromatic hydroxyl groups is 1. The predicted octanol–water partition coefficient (Wildman–Crippen LogP) is 4.89. The fourth-order valence-corrected chi connectivity index (χ4v) is 4.32. The van der Waals surface area contributed by atoms with Crippen molar-refractivity contribution in [3.05, 3.63) is 63.0 Å². The van der Waals surface area contributed by atoms with Crippen molar-refractivity contribution in [1.82, 2.24) is 0 Å². The Bertz CT molecular complexity index is 1230. The monoisotopic (exact) mass is 462 g/mol. The summed E-state index contributed by atoms with van der Waals surface area (Å²) < 4.78 is 52.9. The van der Waals surface area contributed by atoms with Crippen LogP contribution in [-0.2, 0) is 12.7 Å². The number of phenolic OH excluding ortho intramolecular Hbond substituents is 1. The van der Waals surface area contributed by atoms with Crippen LogP contribution in [0.1, 0.15) is 48.1 Å². The summed E-state index contributed by atoms with van der Waals surface area (Å²) in [6.45, 7) is 5.44. The zero-order valence-electron chi connectivity index (χ0n) is 18.6. The van der Waals surface area contributed by atoms with Crippen molar-refractivity contribution in [3.8, 4) is 17.2 Å². The van der Waals surface area contributed by atoms with Gasteiger partial charge in [-0.1, -0.05) is 12.1 Å². The Morgan fingerprint density at radius 1 is 1.06 bits per heavy atom. The number of likely N-dealkylation sites (tertiary alicyclic amines) is 1. The summed E-state index contributed by atoms with van der Waals surface area (Å²) in [5, 5.41) is 10.4. The summed E-state index contributed by atoms with van der Waals surface area (Å²) in [6.07, 6.45) is -0.730. The first-order valence-electron chi connectivity index (χ1n) is 11.1. The number of halogens is 3. The van der Waals surface area contributed by atoms with Gasteiger partial charge in [-0.25, -0.2) is 0 Å². The lowest BCUT2D eigenvalue weighted by Crippen LogP contribution is -3.10. The van der Waals surface area contributed by atoms with E-state index in [0.717, 1.165) is 49.2 Å². The largest absolute Gasteiger partial charge is 0.507 e. The molecule has 0 bridgehead atoms. The Hall–Kier alpha value is -3.00. The van der Waals surface area contributed by atoms with Crippen LogP contribution in [-0.4, -0.2) is 18.2 Å². The third-order valence-electron chi connectivity index (χ3n) is 6.15. The topological polar surface area (TPSA) is 64.1 Å². The third-order valence-corrected chi connectivity index (χ3v) is 6.15. The van der Waals surface area contributed by atoms with Gasteiger partial charge in [0.25, 0.3) is 5.76 Å². The fraction of sp³-hybridized carbons (Fsp3) is 0.400. The predicted molar refractivity (Wildman–Crippen MR) is 118 cm³/mol. The molecule has 1 aromatic heterocycles. The Labute approximate surface area is 189 Å². The number of alkyl halides is 3. The zero-order chi connectivity index (χ0) is 23.8. The number of phenols is 1. The van der Waals surface area contributed by atoms with Gasteiger partial charge in [-0.2, -0.15) is 13.2 Å². The van der Waals surface area contributed by atoms with Crippen molar-refractivity contribution >= 4 is 11.0 Å². The van der Waals surface area contributed by atoms with E-state index in [9.17, 15) is 23.1 Å². The van der Waals surface area contributed by atoms with Gasteiger partial charge in [0.2, 0.25) is 11.2 Å². The molecule has 0 saturated carbocycles. The van der Waals surface area contributed by atoms with Crippen LogP contribution in [0.5, 0.6) is 17.2 Å². The van der Waals surface area contributed by atoms with Crippen LogP contribution in [0.15, 0.2) is 39.5 Å². The number of fused-ring (bicyclic) bond motifs is 1. The van der Waals surface area contributed by atoms with Crippen LogP contribution in [0.3, 0.4) is 0 Å². The highest BCUT2D eigenvalue weighted by molar-refractivity contribution is 5.83. The molecule has 33 heavy (non-hydrogen) atoms. The van der Waals surface area contributed by atoms with E-state index in [0.29, 0.717) is 5.56 Å². The maximum atomic E-state index is 14.0. The molecule has 3 aromatic rings. The van der Waals surface area contributed by atoms with E-state index in [1.165, 1.54) is 12.1 Å². The quantitative estimate of drug-likeness (QED) is 0.580. The van der Waals surface area contributed by atoms with Crippen molar-refractivity contribution < 1.29 is 32.3 Å². The molecule has 1 aliphatic heterocycles. The molecule has 4 rings (SSSR count). The maximum absolute atomic E-state index is 14.0. The molecular formula is C25H27F3NO4+. The summed E-state index contributed by atoms with van der Waals surface area (Å²) in [6, 6.07) is 7.70. The maximum Gasteiger partial charge on any atom is 0.453 e. The molecule has 8 heteroatoms. The van der Waals surface area contributed by atoms with Gasteiger partial charge >= 0.3 is 6.18 Å². The van der Waals surface area contributed by atoms with Gasteiger partial charge in [0.05, 0.1) is 24.0 Å². The molecule has 5 nitrogen and oxygen atoms in total. The number of rotatable bonds is 4. The number of hydrogen-bond acceptors (Lipinski definition) is 4. The molecular weight excluding hydrogens is 435 g/mol. The highest BCUT2D eigenvalue weighted by Crippen LogP contribution is 2.40. The van der Waals surface area contributed by atoms with Crippen molar-refractivity contribution in [1.29, 1.82) is 0 Å². The molecule has 0 unspecified atom stereocenters. The average molecular weight is 462 g/mol. The summed E-state index contributed by atoms with van der Waals surface area (Å²) in [5.41, 5.74) is 0.422. The molecule has 0 atom stereocenters. The van der Waals surface area contributed by atoms with Crippen molar-refractivity contribution in [2.75, 3.05) is 13.1 Å². The SMILES string of the molecule is Cc1ccc(C)c(Oc2c(C(F)(F)F)oc3c(C[NH+]4CCCCCC4)c(O)ccc3c2=O)c1. The lowest BCUT2D eigenvalue weighted by atomic mass is 10.1. The summed E-state index contributed by atoms with van der Waals surface area (Å²) >= 11 is 0. The second-order valence-electron chi connectivity index (χ2n) is 8.74. The molecule has 1 saturated heterocycles. The van der Waals surface area contributed by atoms with Crippen LogP contribution >= 0.6 is 0 Å². The van der Waals surface area contributed by atoms with E-state index in [4.69, 9.17) is 9.15 Å². The molecule has 176 valence electrons. The van der Waals surface area contributed by atoms with E-state index in [1.54, 1.807) is 32.0 Å². The van der Waals surface area contributed by atoms with Gasteiger partial charge in [0.1, 0.15) is 18.0 Å². The van der Waals surface area contributed by atoms with Crippen molar-refractivity contribution in [3.63, 3.8) is 0 Å². The second kappa shape index (κ2) is 9.09. The van der Waals surface area contributed by atoms with Gasteiger partial charge in [0.15, 0.2) is 5.58 Å². The van der Waals surface area contributed by atoms with Gasteiger partial charge in [-0.15, -0.1) is 0 Å². The Morgan fingerprint density at radius 2 is 1.76 bits per heavy atom. The number of benzene rings is 2. The molecule has 0 aliphatic carbocycles. The standard InChI is InChI=1S/C25H26F3NO4/c1-15-7-8-16(2)20(13-15)32-23-21(31)17-9-10-19(30)18(14-29-11-5-3-4-6-12-29)22(17)33-24(23)25(26,27)28/h7-10,13,30H,3-6,11-12,14H2,1-2H3/p+1. The van der Waals surface area contributed by atoms with Crippen LogP contribution in [0.4, 0.5) is 13.2 Å². The number of aryl methyl sites for hydroxylation is 2. The van der Waals surface area contributed by atoms with Crippen molar-refractivity contribution in [2.24, 2.45) is 0 Å². The van der Waals surface area contributed by atoms with Crippen LogP contribution in [0.2, 0.25) is 0 Å². The fourth-order valence-electron chi connectivity index (χ4n) is 4.32. The van der Waals surface area contributed by atoms with Crippen LogP contribution in [0.25, 0.3) is 11.0 Å². The van der Waals surface area contributed by atoms with Crippen molar-refractivity contribution in [2.45, 2.75) is 52.3 Å². The molecule has 1 aliphatic rings. The molecule has 1 fully saturated rings. The van der Waals surface area contributed by atoms with Gasteiger partial charge < -0.3 is 19.2 Å². The highest BCUT2D eigenvalue weighted by atomic mass is 19.4. The average Bonchev–Trinajstić information content (AvgIpc) is 3.02. The Morgan fingerprint density at radius 3 is 2.42 bits per heavy atom. The number of hydrogen-bond donors (Lipinski definition) is 2. The third kappa shape index (κ3) is 4.85. The minimum absolute atomic E-state index is 0.0506.